The number of benzene rings is 1. The molecule has 0 amide bonds. The average molecular weight is 315 g/mol. The van der Waals surface area contributed by atoms with Crippen LogP contribution in [-0.4, -0.2) is 31.5 Å². The number of fused-ring (bicyclic) bond motifs is 1. The smallest absolute Gasteiger partial charge is 0.262 e. The van der Waals surface area contributed by atoms with Crippen molar-refractivity contribution >= 4 is 28.8 Å². The van der Waals surface area contributed by atoms with Crippen molar-refractivity contribution < 1.29 is 9.90 Å². The number of carboxylic acid groups (broad SMARTS) is 1. The largest absolute Gasteiger partial charge is 0.549 e. The normalized spacial score (nSPS) is 11.0. The lowest BCUT2D eigenvalue weighted by molar-refractivity contribution is -0.301. The quantitative estimate of drug-likeness (QED) is 0.547. The molecule has 8 heteroatoms. The second kappa shape index (κ2) is 5.64. The monoisotopic (exact) mass is 315 g/mol. The SMILES string of the molecule is Cc1ccc(-n2ncc3c(=O)[nH]c(SCC(=O)[O-])nc32)cc1. The Hall–Kier alpha value is -2.61. The summed E-state index contributed by atoms with van der Waals surface area (Å²) in [5, 5.41) is 15.3. The Morgan fingerprint density at radius 2 is 2.09 bits per heavy atom. The van der Waals surface area contributed by atoms with Gasteiger partial charge in [0.25, 0.3) is 5.56 Å². The number of nitrogens with one attached hydrogen (secondary N) is 1. The molecule has 3 rings (SSSR count). The molecular weight excluding hydrogens is 304 g/mol. The summed E-state index contributed by atoms with van der Waals surface area (Å²) in [7, 11) is 0. The van der Waals surface area contributed by atoms with Gasteiger partial charge in [-0.3, -0.25) is 4.79 Å². The van der Waals surface area contributed by atoms with Gasteiger partial charge < -0.3 is 14.9 Å². The van der Waals surface area contributed by atoms with Gasteiger partial charge in [0.05, 0.1) is 17.9 Å². The van der Waals surface area contributed by atoms with Crippen LogP contribution in [0.15, 0.2) is 40.4 Å². The van der Waals surface area contributed by atoms with Crippen LogP contribution in [0.2, 0.25) is 0 Å². The zero-order valence-electron chi connectivity index (χ0n) is 11.6. The van der Waals surface area contributed by atoms with Crippen molar-refractivity contribution in [3.8, 4) is 5.69 Å². The number of aryl methyl sites for hydroxylation is 1. The summed E-state index contributed by atoms with van der Waals surface area (Å²) in [5.74, 6) is -1.51. The van der Waals surface area contributed by atoms with Crippen LogP contribution in [0.5, 0.6) is 0 Å². The highest BCUT2D eigenvalue weighted by molar-refractivity contribution is 7.99. The van der Waals surface area contributed by atoms with Gasteiger partial charge in [-0.1, -0.05) is 29.5 Å². The Morgan fingerprint density at radius 1 is 1.36 bits per heavy atom. The number of aromatic amines is 1. The summed E-state index contributed by atoms with van der Waals surface area (Å²) < 4.78 is 1.55. The molecule has 0 saturated heterocycles. The number of carbonyl (C=O) groups is 1. The lowest BCUT2D eigenvalue weighted by atomic mass is 10.2. The highest BCUT2D eigenvalue weighted by atomic mass is 32.2. The third-order valence-corrected chi connectivity index (χ3v) is 3.87. The van der Waals surface area contributed by atoms with Crippen LogP contribution in [0, 0.1) is 6.92 Å². The lowest BCUT2D eigenvalue weighted by Gasteiger charge is -2.05. The Balaban J connectivity index is 2.10. The van der Waals surface area contributed by atoms with Gasteiger partial charge in [0, 0.05) is 5.75 Å². The molecule has 22 heavy (non-hydrogen) atoms. The molecule has 0 aliphatic carbocycles. The number of carbonyl (C=O) groups excluding carboxylic acids is 1. The summed E-state index contributed by atoms with van der Waals surface area (Å²) in [4.78, 5) is 29.4. The van der Waals surface area contributed by atoms with Gasteiger partial charge in [-0.15, -0.1) is 0 Å². The van der Waals surface area contributed by atoms with Gasteiger partial charge in [-0.25, -0.2) is 9.67 Å². The molecule has 7 nitrogen and oxygen atoms in total. The van der Waals surface area contributed by atoms with E-state index in [1.165, 1.54) is 6.20 Å². The molecule has 2 aromatic heterocycles. The standard InChI is InChI=1S/C14H12N4O3S/c1-8-2-4-9(5-3-8)18-12-10(6-15-18)13(21)17-14(16-12)22-7-11(19)20/h2-6H,7H2,1H3,(H,19,20)(H,16,17,21)/p-1. The number of hydrogen-bond donors (Lipinski definition) is 1. The minimum Gasteiger partial charge on any atom is -0.549 e. The van der Waals surface area contributed by atoms with E-state index in [2.05, 4.69) is 15.1 Å². The molecule has 2 heterocycles. The molecule has 3 aromatic rings. The van der Waals surface area contributed by atoms with Crippen LogP contribution < -0.4 is 10.7 Å². The number of rotatable bonds is 4. The van der Waals surface area contributed by atoms with Gasteiger partial charge in [-0.2, -0.15) is 5.10 Å². The Kier molecular flexibility index (Phi) is 3.68. The van der Waals surface area contributed by atoms with E-state index in [1.807, 2.05) is 31.2 Å². The molecule has 0 unspecified atom stereocenters. The molecule has 0 aliphatic rings. The number of aromatic nitrogens is 4. The first-order valence-electron chi connectivity index (χ1n) is 6.42. The second-order valence-corrected chi connectivity index (χ2v) is 5.63. The van der Waals surface area contributed by atoms with Gasteiger partial charge >= 0.3 is 0 Å². The maximum atomic E-state index is 12.0. The fraction of sp³-hybridized carbons (Fsp3) is 0.143. The Bertz CT molecular complexity index is 899. The Labute approximate surface area is 129 Å². The van der Waals surface area contributed by atoms with Crippen molar-refractivity contribution in [2.75, 3.05) is 5.75 Å². The van der Waals surface area contributed by atoms with Crippen LogP contribution in [-0.2, 0) is 4.79 Å². The summed E-state index contributed by atoms with van der Waals surface area (Å²) in [6.07, 6.45) is 1.44. The van der Waals surface area contributed by atoms with Gasteiger partial charge in [-0.05, 0) is 19.1 Å². The van der Waals surface area contributed by atoms with E-state index in [9.17, 15) is 14.7 Å². The fourth-order valence-electron chi connectivity index (χ4n) is 1.97. The highest BCUT2D eigenvalue weighted by Gasteiger charge is 2.11. The summed E-state index contributed by atoms with van der Waals surface area (Å²) in [5.41, 5.74) is 1.91. The molecule has 0 atom stereocenters. The van der Waals surface area contributed by atoms with Crippen LogP contribution in [0.3, 0.4) is 0 Å². The molecule has 0 spiro atoms. The molecular formula is C14H11N4O3S-. The first kappa shape index (κ1) is 14.3. The van der Waals surface area contributed by atoms with Crippen LogP contribution >= 0.6 is 11.8 Å². The number of H-pyrrole nitrogens is 1. The number of thioether (sulfide) groups is 1. The summed E-state index contributed by atoms with van der Waals surface area (Å²) in [6.45, 7) is 1.97. The van der Waals surface area contributed by atoms with Crippen LogP contribution in [0.25, 0.3) is 16.7 Å². The average Bonchev–Trinajstić information content (AvgIpc) is 2.90. The van der Waals surface area contributed by atoms with Gasteiger partial charge in [0.2, 0.25) is 0 Å². The fourth-order valence-corrected chi connectivity index (χ4v) is 2.54. The maximum absolute atomic E-state index is 12.0. The first-order valence-corrected chi connectivity index (χ1v) is 7.41. The maximum Gasteiger partial charge on any atom is 0.262 e. The number of hydrogen-bond acceptors (Lipinski definition) is 6. The summed E-state index contributed by atoms with van der Waals surface area (Å²) >= 11 is 0.897. The van der Waals surface area contributed by atoms with Crippen molar-refractivity contribution in [1.29, 1.82) is 0 Å². The molecule has 0 aliphatic heterocycles. The zero-order chi connectivity index (χ0) is 15.7. The first-order chi connectivity index (χ1) is 10.5. The summed E-state index contributed by atoms with van der Waals surface area (Å²) in [6, 6.07) is 7.61. The number of aliphatic carboxylic acids is 1. The lowest BCUT2D eigenvalue weighted by Crippen LogP contribution is -2.24. The molecule has 1 aromatic carbocycles. The predicted molar refractivity (Wildman–Crippen MR) is 80.0 cm³/mol. The van der Waals surface area contributed by atoms with Gasteiger partial charge in [0.15, 0.2) is 10.8 Å². The van der Waals surface area contributed by atoms with Crippen molar-refractivity contribution in [3.63, 3.8) is 0 Å². The molecule has 112 valence electrons. The van der Waals surface area contributed by atoms with Gasteiger partial charge in [0.1, 0.15) is 5.39 Å². The van der Waals surface area contributed by atoms with Crippen molar-refractivity contribution in [2.45, 2.75) is 12.1 Å². The van der Waals surface area contributed by atoms with Crippen molar-refractivity contribution in [2.24, 2.45) is 0 Å². The topological polar surface area (TPSA) is 104 Å². The molecule has 0 saturated carbocycles. The highest BCUT2D eigenvalue weighted by Crippen LogP contribution is 2.17. The number of carboxylic acids is 1. The van der Waals surface area contributed by atoms with Crippen molar-refractivity contribution in [1.82, 2.24) is 19.7 Å². The third-order valence-electron chi connectivity index (χ3n) is 3.02. The van der Waals surface area contributed by atoms with Crippen molar-refractivity contribution in [3.05, 3.63) is 46.4 Å². The minimum atomic E-state index is -1.22. The van der Waals surface area contributed by atoms with E-state index >= 15 is 0 Å². The molecule has 0 bridgehead atoms. The van der Waals surface area contributed by atoms with E-state index in [0.717, 1.165) is 23.0 Å². The zero-order valence-corrected chi connectivity index (χ0v) is 12.4. The van der Waals surface area contributed by atoms with E-state index < -0.39 is 5.97 Å². The van der Waals surface area contributed by atoms with E-state index in [4.69, 9.17) is 0 Å². The minimum absolute atomic E-state index is 0.218. The van der Waals surface area contributed by atoms with E-state index in [1.54, 1.807) is 4.68 Å². The molecule has 1 N–H and O–H groups in total. The number of nitrogens with zero attached hydrogens (tertiary/aromatic N) is 3. The van der Waals surface area contributed by atoms with Crippen LogP contribution in [0.1, 0.15) is 5.56 Å². The molecule has 0 fully saturated rings. The third kappa shape index (κ3) is 2.73. The Morgan fingerprint density at radius 3 is 2.77 bits per heavy atom. The molecule has 0 radical (unpaired) electrons. The van der Waals surface area contributed by atoms with E-state index in [-0.39, 0.29) is 16.5 Å². The van der Waals surface area contributed by atoms with E-state index in [0.29, 0.717) is 11.0 Å². The van der Waals surface area contributed by atoms with Crippen LogP contribution in [0.4, 0.5) is 0 Å². The predicted octanol–water partition coefficient (Wildman–Crippen LogP) is 0.259. The second-order valence-electron chi connectivity index (χ2n) is 4.66.